The molecule has 0 N–H and O–H groups in total. The third-order valence-electron chi connectivity index (χ3n) is 3.18. The van der Waals surface area contributed by atoms with E-state index in [1.165, 1.54) is 24.3 Å². The minimum atomic E-state index is -0.937. The monoisotopic (exact) mass is 336 g/mol. The Kier molecular flexibility index (Phi) is 4.16. The molecule has 23 heavy (non-hydrogen) atoms. The minimum Gasteiger partial charge on any atom is -0.454 e. The summed E-state index contributed by atoms with van der Waals surface area (Å²) in [5, 5.41) is 0.162. The zero-order chi connectivity index (χ0) is 16.4. The van der Waals surface area contributed by atoms with Gasteiger partial charge in [0.2, 0.25) is 6.79 Å². The second-order valence-electron chi connectivity index (χ2n) is 4.69. The Morgan fingerprint density at radius 3 is 2.70 bits per heavy atom. The van der Waals surface area contributed by atoms with Crippen molar-refractivity contribution in [1.82, 2.24) is 0 Å². The highest BCUT2D eigenvalue weighted by Crippen LogP contribution is 2.32. The predicted octanol–water partition coefficient (Wildman–Crippen LogP) is 3.25. The number of carbonyl (C=O) groups excluding carboxylic acids is 2. The van der Waals surface area contributed by atoms with Crippen molar-refractivity contribution in [3.63, 3.8) is 0 Å². The number of ether oxygens (including phenoxy) is 3. The maximum Gasteiger partial charge on any atom is 0.341 e. The Balaban J connectivity index is 1.65. The van der Waals surface area contributed by atoms with Crippen molar-refractivity contribution in [3.8, 4) is 11.5 Å². The van der Waals surface area contributed by atoms with Crippen molar-refractivity contribution in [3.05, 3.63) is 58.4 Å². The Morgan fingerprint density at radius 2 is 1.91 bits per heavy atom. The van der Waals surface area contributed by atoms with E-state index in [2.05, 4.69) is 0 Å². The maximum absolute atomic E-state index is 13.6. The summed E-state index contributed by atoms with van der Waals surface area (Å²) in [6, 6.07) is 8.19. The van der Waals surface area contributed by atoms with Gasteiger partial charge >= 0.3 is 5.97 Å². The molecule has 0 aromatic heterocycles. The topological polar surface area (TPSA) is 61.8 Å². The number of esters is 1. The quantitative estimate of drug-likeness (QED) is 0.633. The Morgan fingerprint density at radius 1 is 1.13 bits per heavy atom. The van der Waals surface area contributed by atoms with Crippen molar-refractivity contribution in [1.29, 1.82) is 0 Å². The summed E-state index contributed by atoms with van der Waals surface area (Å²) in [7, 11) is 0. The summed E-state index contributed by atoms with van der Waals surface area (Å²) in [6.07, 6.45) is 0. The molecule has 0 unspecified atom stereocenters. The molecule has 118 valence electrons. The lowest BCUT2D eigenvalue weighted by Crippen LogP contribution is -2.15. The van der Waals surface area contributed by atoms with E-state index in [1.54, 1.807) is 6.07 Å². The normalized spacial score (nSPS) is 12.1. The van der Waals surface area contributed by atoms with Crippen LogP contribution < -0.4 is 9.47 Å². The van der Waals surface area contributed by atoms with Crippen molar-refractivity contribution in [2.75, 3.05) is 13.4 Å². The number of ketones is 1. The van der Waals surface area contributed by atoms with Gasteiger partial charge in [-0.1, -0.05) is 11.6 Å². The summed E-state index contributed by atoms with van der Waals surface area (Å²) in [5.41, 5.74) is 0.0199. The zero-order valence-electron chi connectivity index (χ0n) is 11.7. The van der Waals surface area contributed by atoms with Gasteiger partial charge in [-0.25, -0.2) is 9.18 Å². The molecule has 0 amide bonds. The molecule has 0 saturated carbocycles. The highest BCUT2D eigenvalue weighted by Gasteiger charge is 2.19. The van der Waals surface area contributed by atoms with Gasteiger partial charge in [-0.15, -0.1) is 0 Å². The van der Waals surface area contributed by atoms with Crippen LogP contribution in [0.3, 0.4) is 0 Å². The number of benzene rings is 2. The fourth-order valence-corrected chi connectivity index (χ4v) is 2.18. The Bertz CT molecular complexity index is 790. The first kappa shape index (κ1) is 15.3. The summed E-state index contributed by atoms with van der Waals surface area (Å²) in [5.74, 6) is -1.19. The van der Waals surface area contributed by atoms with Gasteiger partial charge in [0.15, 0.2) is 23.9 Å². The van der Waals surface area contributed by atoms with Crippen molar-refractivity contribution >= 4 is 23.4 Å². The van der Waals surface area contributed by atoms with E-state index in [0.717, 1.165) is 6.07 Å². The molecule has 2 aromatic carbocycles. The van der Waals surface area contributed by atoms with Crippen LogP contribution in [0.25, 0.3) is 0 Å². The van der Waals surface area contributed by atoms with Gasteiger partial charge in [0, 0.05) is 10.6 Å². The highest BCUT2D eigenvalue weighted by molar-refractivity contribution is 6.30. The van der Waals surface area contributed by atoms with Crippen LogP contribution in [-0.4, -0.2) is 25.2 Å². The SMILES string of the molecule is O=C(COC(=O)c1ccc(Cl)cc1F)c1ccc2c(c1)OCO2. The third-order valence-corrected chi connectivity index (χ3v) is 3.42. The van der Waals surface area contributed by atoms with Gasteiger partial charge in [-0.05, 0) is 36.4 Å². The van der Waals surface area contributed by atoms with Crippen LogP contribution >= 0.6 is 11.6 Å². The molecule has 7 heteroatoms. The van der Waals surface area contributed by atoms with Crippen LogP contribution in [0.15, 0.2) is 36.4 Å². The van der Waals surface area contributed by atoms with Crippen LogP contribution in [0.5, 0.6) is 11.5 Å². The van der Waals surface area contributed by atoms with E-state index in [9.17, 15) is 14.0 Å². The van der Waals surface area contributed by atoms with Crippen LogP contribution in [0.4, 0.5) is 4.39 Å². The van der Waals surface area contributed by atoms with Crippen molar-refractivity contribution in [2.24, 2.45) is 0 Å². The summed E-state index contributed by atoms with van der Waals surface area (Å²) in [6.45, 7) is -0.418. The van der Waals surface area contributed by atoms with E-state index in [1.807, 2.05) is 0 Å². The summed E-state index contributed by atoms with van der Waals surface area (Å²) >= 11 is 5.61. The molecule has 1 aliphatic heterocycles. The van der Waals surface area contributed by atoms with Gasteiger partial charge in [0.05, 0.1) is 5.56 Å². The lowest BCUT2D eigenvalue weighted by atomic mass is 10.1. The Labute approximate surface area is 135 Å². The van der Waals surface area contributed by atoms with Crippen LogP contribution in [0.1, 0.15) is 20.7 Å². The molecule has 0 atom stereocenters. The average Bonchev–Trinajstić information content (AvgIpc) is 2.99. The average molecular weight is 337 g/mol. The molecule has 0 saturated heterocycles. The van der Waals surface area contributed by atoms with Gasteiger partial charge in [-0.3, -0.25) is 4.79 Å². The number of hydrogen-bond donors (Lipinski definition) is 0. The summed E-state index contributed by atoms with van der Waals surface area (Å²) < 4.78 is 28.7. The minimum absolute atomic E-state index is 0.0950. The highest BCUT2D eigenvalue weighted by atomic mass is 35.5. The third kappa shape index (κ3) is 3.27. The lowest BCUT2D eigenvalue weighted by Gasteiger charge is -2.06. The molecule has 0 spiro atoms. The summed E-state index contributed by atoms with van der Waals surface area (Å²) in [4.78, 5) is 23.8. The van der Waals surface area contributed by atoms with E-state index < -0.39 is 24.2 Å². The van der Waals surface area contributed by atoms with Crippen LogP contribution in [0, 0.1) is 5.82 Å². The van der Waals surface area contributed by atoms with E-state index >= 15 is 0 Å². The second kappa shape index (κ2) is 6.26. The smallest absolute Gasteiger partial charge is 0.341 e. The molecule has 0 radical (unpaired) electrons. The lowest BCUT2D eigenvalue weighted by molar-refractivity contribution is 0.0470. The molecule has 0 bridgehead atoms. The number of rotatable bonds is 4. The number of fused-ring (bicyclic) bond motifs is 1. The molecule has 3 rings (SSSR count). The second-order valence-corrected chi connectivity index (χ2v) is 5.13. The fraction of sp³-hybridized carbons (Fsp3) is 0.125. The van der Waals surface area contributed by atoms with E-state index in [4.69, 9.17) is 25.8 Å². The predicted molar refractivity (Wildman–Crippen MR) is 78.6 cm³/mol. The van der Waals surface area contributed by atoms with Gasteiger partial charge in [0.1, 0.15) is 5.82 Å². The molecule has 0 aliphatic carbocycles. The van der Waals surface area contributed by atoms with Crippen LogP contribution in [0.2, 0.25) is 5.02 Å². The molecule has 2 aromatic rings. The van der Waals surface area contributed by atoms with E-state index in [0.29, 0.717) is 17.1 Å². The van der Waals surface area contributed by atoms with Gasteiger partial charge in [-0.2, -0.15) is 0 Å². The van der Waals surface area contributed by atoms with Crippen molar-refractivity contribution in [2.45, 2.75) is 0 Å². The fourth-order valence-electron chi connectivity index (χ4n) is 2.02. The van der Waals surface area contributed by atoms with Crippen molar-refractivity contribution < 1.29 is 28.2 Å². The molecular weight excluding hydrogens is 327 g/mol. The molecule has 5 nitrogen and oxygen atoms in total. The molecule has 1 heterocycles. The molecule has 0 fully saturated rings. The zero-order valence-corrected chi connectivity index (χ0v) is 12.4. The maximum atomic E-state index is 13.6. The standard InChI is InChI=1S/C16H10ClFO5/c17-10-2-3-11(12(18)6-10)16(20)21-7-13(19)9-1-4-14-15(5-9)23-8-22-14/h1-6H,7-8H2. The van der Waals surface area contributed by atoms with Gasteiger partial charge < -0.3 is 14.2 Å². The Hall–Kier alpha value is -2.60. The largest absolute Gasteiger partial charge is 0.454 e. The number of hydrogen-bond acceptors (Lipinski definition) is 5. The number of Topliss-reactive ketones (excluding diaryl/α,β-unsaturated/α-hetero) is 1. The van der Waals surface area contributed by atoms with E-state index in [-0.39, 0.29) is 17.4 Å². The molecule has 1 aliphatic rings. The first-order valence-electron chi connectivity index (χ1n) is 6.59. The first-order valence-corrected chi connectivity index (χ1v) is 6.97. The number of halogens is 2. The first-order chi connectivity index (χ1) is 11.0. The van der Waals surface area contributed by atoms with Gasteiger partial charge in [0.25, 0.3) is 0 Å². The number of carbonyl (C=O) groups is 2. The van der Waals surface area contributed by atoms with Crippen LogP contribution in [-0.2, 0) is 4.74 Å². The molecular formula is C16H10ClFO5.